The molecule has 2 amide bonds. The standard InChI is InChI=1S/C16H16FN3O3/c1-23-8-7-19-16(22)14-9-11(5-6-18-14)15(21)20-13-4-2-3-12(17)10-13/h2-6,9-10H,7-8H2,1H3,(H,19,22)(H,20,21). The largest absolute Gasteiger partial charge is 0.383 e. The third kappa shape index (κ3) is 4.86. The molecule has 0 bridgehead atoms. The van der Waals surface area contributed by atoms with E-state index in [4.69, 9.17) is 4.74 Å². The van der Waals surface area contributed by atoms with Crippen LogP contribution in [-0.4, -0.2) is 37.1 Å². The highest BCUT2D eigenvalue weighted by atomic mass is 19.1. The van der Waals surface area contributed by atoms with Gasteiger partial charge in [-0.1, -0.05) is 6.07 Å². The van der Waals surface area contributed by atoms with Gasteiger partial charge in [0.2, 0.25) is 0 Å². The first kappa shape index (κ1) is 16.6. The second kappa shape index (κ2) is 8.00. The van der Waals surface area contributed by atoms with E-state index in [1.165, 1.54) is 43.6 Å². The summed E-state index contributed by atoms with van der Waals surface area (Å²) in [6.45, 7) is 0.724. The van der Waals surface area contributed by atoms with Gasteiger partial charge in [0.15, 0.2) is 0 Å². The van der Waals surface area contributed by atoms with Crippen LogP contribution < -0.4 is 10.6 Å². The fraction of sp³-hybridized carbons (Fsp3) is 0.188. The van der Waals surface area contributed by atoms with Gasteiger partial charge < -0.3 is 15.4 Å². The number of hydrogen-bond donors (Lipinski definition) is 2. The fourth-order valence-electron chi connectivity index (χ4n) is 1.82. The molecule has 1 aromatic carbocycles. The molecule has 120 valence electrons. The van der Waals surface area contributed by atoms with Crippen molar-refractivity contribution in [2.75, 3.05) is 25.6 Å². The number of ether oxygens (including phenoxy) is 1. The third-order valence-electron chi connectivity index (χ3n) is 2.93. The highest BCUT2D eigenvalue weighted by Crippen LogP contribution is 2.11. The number of methoxy groups -OCH3 is 1. The van der Waals surface area contributed by atoms with E-state index in [0.717, 1.165) is 0 Å². The average Bonchev–Trinajstić information content (AvgIpc) is 2.55. The van der Waals surface area contributed by atoms with Gasteiger partial charge in [-0.15, -0.1) is 0 Å². The van der Waals surface area contributed by atoms with Crippen LogP contribution in [0.5, 0.6) is 0 Å². The molecule has 0 spiro atoms. The van der Waals surface area contributed by atoms with Gasteiger partial charge in [-0.2, -0.15) is 0 Å². The monoisotopic (exact) mass is 317 g/mol. The Morgan fingerprint density at radius 2 is 2.04 bits per heavy atom. The van der Waals surface area contributed by atoms with Gasteiger partial charge in [-0.3, -0.25) is 14.6 Å². The van der Waals surface area contributed by atoms with Crippen molar-refractivity contribution in [2.45, 2.75) is 0 Å². The van der Waals surface area contributed by atoms with Crippen LogP contribution in [0.3, 0.4) is 0 Å². The molecule has 0 aliphatic heterocycles. The van der Waals surface area contributed by atoms with E-state index < -0.39 is 17.6 Å². The first-order chi connectivity index (χ1) is 11.1. The first-order valence-electron chi connectivity index (χ1n) is 6.90. The molecule has 0 unspecified atom stereocenters. The third-order valence-corrected chi connectivity index (χ3v) is 2.93. The smallest absolute Gasteiger partial charge is 0.269 e. The van der Waals surface area contributed by atoms with Crippen LogP contribution >= 0.6 is 0 Å². The van der Waals surface area contributed by atoms with Crippen LogP contribution in [0.1, 0.15) is 20.8 Å². The molecule has 2 N–H and O–H groups in total. The highest BCUT2D eigenvalue weighted by molar-refractivity contribution is 6.05. The summed E-state index contributed by atoms with van der Waals surface area (Å²) >= 11 is 0. The zero-order valence-corrected chi connectivity index (χ0v) is 12.5. The van der Waals surface area contributed by atoms with Crippen molar-refractivity contribution in [1.82, 2.24) is 10.3 Å². The molecule has 0 fully saturated rings. The minimum absolute atomic E-state index is 0.119. The number of carbonyl (C=O) groups is 2. The Morgan fingerprint density at radius 3 is 2.78 bits per heavy atom. The number of amides is 2. The van der Waals surface area contributed by atoms with Gasteiger partial charge >= 0.3 is 0 Å². The molecular formula is C16H16FN3O3. The van der Waals surface area contributed by atoms with E-state index in [1.807, 2.05) is 0 Å². The van der Waals surface area contributed by atoms with E-state index in [2.05, 4.69) is 15.6 Å². The van der Waals surface area contributed by atoms with Crippen LogP contribution in [0.25, 0.3) is 0 Å². The van der Waals surface area contributed by atoms with Crippen LogP contribution in [-0.2, 0) is 4.74 Å². The predicted molar refractivity (Wildman–Crippen MR) is 82.8 cm³/mol. The van der Waals surface area contributed by atoms with Crippen LogP contribution in [0.4, 0.5) is 10.1 Å². The summed E-state index contributed by atoms with van der Waals surface area (Å²) in [6.07, 6.45) is 1.37. The lowest BCUT2D eigenvalue weighted by molar-refractivity contribution is 0.0932. The lowest BCUT2D eigenvalue weighted by Gasteiger charge is -2.07. The van der Waals surface area contributed by atoms with Crippen molar-refractivity contribution in [3.05, 3.63) is 59.7 Å². The molecule has 2 rings (SSSR count). The van der Waals surface area contributed by atoms with E-state index in [0.29, 0.717) is 18.8 Å². The first-order valence-corrected chi connectivity index (χ1v) is 6.90. The number of halogens is 1. The SMILES string of the molecule is COCCNC(=O)c1cc(C(=O)Nc2cccc(F)c2)ccn1. The van der Waals surface area contributed by atoms with Crippen molar-refractivity contribution in [2.24, 2.45) is 0 Å². The zero-order valence-electron chi connectivity index (χ0n) is 12.5. The van der Waals surface area contributed by atoms with Gasteiger partial charge in [0.05, 0.1) is 6.61 Å². The number of pyridine rings is 1. The topological polar surface area (TPSA) is 80.3 Å². The summed E-state index contributed by atoms with van der Waals surface area (Å²) in [4.78, 5) is 28.0. The molecule has 23 heavy (non-hydrogen) atoms. The summed E-state index contributed by atoms with van der Waals surface area (Å²) in [5.74, 6) is -1.30. The number of carbonyl (C=O) groups excluding carboxylic acids is 2. The molecule has 2 aromatic rings. The summed E-state index contributed by atoms with van der Waals surface area (Å²) in [7, 11) is 1.53. The van der Waals surface area contributed by atoms with Gasteiger partial charge in [-0.25, -0.2) is 4.39 Å². The second-order valence-corrected chi connectivity index (χ2v) is 4.64. The van der Waals surface area contributed by atoms with E-state index in [-0.39, 0.29) is 11.3 Å². The number of hydrogen-bond acceptors (Lipinski definition) is 4. The number of nitrogens with one attached hydrogen (secondary N) is 2. The summed E-state index contributed by atoms with van der Waals surface area (Å²) in [5, 5.41) is 5.17. The minimum atomic E-state index is -0.455. The molecule has 1 heterocycles. The lowest BCUT2D eigenvalue weighted by Crippen LogP contribution is -2.28. The maximum Gasteiger partial charge on any atom is 0.269 e. The molecular weight excluding hydrogens is 301 g/mol. The molecule has 6 nitrogen and oxygen atoms in total. The highest BCUT2D eigenvalue weighted by Gasteiger charge is 2.12. The second-order valence-electron chi connectivity index (χ2n) is 4.64. The molecule has 0 saturated heterocycles. The Balaban J connectivity index is 2.06. The number of nitrogens with zero attached hydrogens (tertiary/aromatic N) is 1. The van der Waals surface area contributed by atoms with Crippen molar-refractivity contribution >= 4 is 17.5 Å². The average molecular weight is 317 g/mol. The van der Waals surface area contributed by atoms with Gasteiger partial charge in [-0.05, 0) is 30.3 Å². The van der Waals surface area contributed by atoms with Crippen LogP contribution in [0.2, 0.25) is 0 Å². The summed E-state index contributed by atoms with van der Waals surface area (Å²) in [6, 6.07) is 8.39. The van der Waals surface area contributed by atoms with Crippen molar-refractivity contribution in [3.63, 3.8) is 0 Å². The van der Waals surface area contributed by atoms with Crippen LogP contribution in [0, 0.1) is 5.82 Å². The molecule has 7 heteroatoms. The summed E-state index contributed by atoms with van der Waals surface area (Å²) < 4.78 is 17.9. The molecule has 0 saturated carbocycles. The van der Waals surface area contributed by atoms with Gasteiger partial charge in [0.1, 0.15) is 11.5 Å². The normalized spacial score (nSPS) is 10.2. The van der Waals surface area contributed by atoms with E-state index >= 15 is 0 Å². The van der Waals surface area contributed by atoms with E-state index in [1.54, 1.807) is 6.07 Å². The van der Waals surface area contributed by atoms with Crippen LogP contribution in [0.15, 0.2) is 42.6 Å². The summed E-state index contributed by atoms with van der Waals surface area (Å²) in [5.41, 5.74) is 0.701. The van der Waals surface area contributed by atoms with Gasteiger partial charge in [0, 0.05) is 31.1 Å². The Hall–Kier alpha value is -2.80. The Morgan fingerprint density at radius 1 is 1.22 bits per heavy atom. The number of benzene rings is 1. The molecule has 0 radical (unpaired) electrons. The molecule has 0 aliphatic carbocycles. The van der Waals surface area contributed by atoms with Crippen molar-refractivity contribution in [1.29, 1.82) is 0 Å². The lowest BCUT2D eigenvalue weighted by atomic mass is 10.2. The van der Waals surface area contributed by atoms with Crippen molar-refractivity contribution < 1.29 is 18.7 Å². The Labute approximate surface area is 132 Å². The maximum atomic E-state index is 13.1. The number of rotatable bonds is 6. The van der Waals surface area contributed by atoms with E-state index in [9.17, 15) is 14.0 Å². The number of anilines is 1. The Bertz CT molecular complexity index is 706. The minimum Gasteiger partial charge on any atom is -0.383 e. The Kier molecular flexibility index (Phi) is 5.76. The van der Waals surface area contributed by atoms with Crippen molar-refractivity contribution in [3.8, 4) is 0 Å². The predicted octanol–water partition coefficient (Wildman–Crippen LogP) is 1.85. The molecule has 0 aliphatic rings. The fourth-order valence-corrected chi connectivity index (χ4v) is 1.82. The number of aromatic nitrogens is 1. The zero-order chi connectivity index (χ0) is 16.7. The molecule has 0 atom stereocenters. The quantitative estimate of drug-likeness (QED) is 0.797. The van der Waals surface area contributed by atoms with Gasteiger partial charge in [0.25, 0.3) is 11.8 Å². The molecule has 1 aromatic heterocycles. The maximum absolute atomic E-state index is 13.1.